The quantitative estimate of drug-likeness (QED) is 0.0822. The predicted molar refractivity (Wildman–Crippen MR) is 343 cm³/mol. The first-order valence-corrected chi connectivity index (χ1v) is 33.0. The Morgan fingerprint density at radius 2 is 1.60 bits per heavy atom. The number of halogens is 1. The second kappa shape index (κ2) is 24.4. The van der Waals surface area contributed by atoms with Gasteiger partial charge in [-0.05, 0) is 144 Å². The van der Waals surface area contributed by atoms with Crippen LogP contribution in [-0.4, -0.2) is 163 Å². The van der Waals surface area contributed by atoms with Gasteiger partial charge in [-0.25, -0.2) is 19.2 Å². The molecule has 6 fully saturated rings. The van der Waals surface area contributed by atoms with E-state index in [0.29, 0.717) is 59.3 Å². The number of phenols is 1. The van der Waals surface area contributed by atoms with Crippen molar-refractivity contribution in [1.82, 2.24) is 45.1 Å². The lowest BCUT2D eigenvalue weighted by Gasteiger charge is -2.45. The van der Waals surface area contributed by atoms with Crippen LogP contribution in [-0.2, 0) is 20.7 Å². The average Bonchev–Trinajstić information content (AvgIpc) is 1.31. The van der Waals surface area contributed by atoms with Crippen LogP contribution in [0.3, 0.4) is 0 Å². The van der Waals surface area contributed by atoms with Gasteiger partial charge in [-0.2, -0.15) is 4.98 Å². The summed E-state index contributed by atoms with van der Waals surface area (Å²) in [4.78, 5) is 74.9. The topological polar surface area (TPSA) is 210 Å². The zero-order chi connectivity index (χ0) is 62.2. The Morgan fingerprint density at radius 3 is 2.28 bits per heavy atom. The van der Waals surface area contributed by atoms with Gasteiger partial charge in [-0.1, -0.05) is 68.4 Å². The van der Waals surface area contributed by atoms with Gasteiger partial charge in [0.2, 0.25) is 17.8 Å². The predicted octanol–water partition coefficient (Wildman–Crippen LogP) is 10.5. The van der Waals surface area contributed by atoms with Gasteiger partial charge >= 0.3 is 6.09 Å². The van der Waals surface area contributed by atoms with E-state index in [2.05, 4.69) is 42.0 Å². The second-order valence-corrected chi connectivity index (χ2v) is 28.3. The molecule has 21 heteroatoms. The van der Waals surface area contributed by atoms with Crippen LogP contribution < -0.4 is 20.0 Å². The third kappa shape index (κ3) is 12.1. The average molecular weight is 1230 g/mol. The number of β-amino-alcohol motifs (C(OH)–C–C–N with tert-alkyl or cyclic N) is 1. The molecular weight excluding hydrogens is 1150 g/mol. The van der Waals surface area contributed by atoms with Gasteiger partial charge in [0.05, 0.1) is 45.7 Å². The number of aliphatic hydroxyl groups excluding tert-OH is 1. The van der Waals surface area contributed by atoms with E-state index in [1.54, 1.807) is 29.7 Å². The van der Waals surface area contributed by atoms with Crippen molar-refractivity contribution in [3.63, 3.8) is 0 Å². The molecule has 3 N–H and O–H groups in total. The summed E-state index contributed by atoms with van der Waals surface area (Å²) >= 11 is 1.59. The Bertz CT molecular complexity index is 3760. The molecule has 6 aliphatic heterocycles. The van der Waals surface area contributed by atoms with Crippen LogP contribution in [0, 0.1) is 36.4 Å². The molecule has 6 saturated heterocycles. The van der Waals surface area contributed by atoms with Gasteiger partial charge in [-0.3, -0.25) is 19.5 Å². The molecule has 470 valence electrons. The van der Waals surface area contributed by atoms with E-state index in [1.807, 2.05) is 107 Å². The molecule has 10 heterocycles. The van der Waals surface area contributed by atoms with Crippen molar-refractivity contribution in [2.24, 2.45) is 23.7 Å². The standard InChI is InChI=1S/C68H83FN12O7S/c1-9-44-11-10-12-47-24-50(82)25-52(58(44)47)60-59(69)61-53(28-70-60)63(78-34-48-17-18-49(35-78)81(48)67(86)87-68(6,7)8)74-66(73-61)79-32-43(33-79)29-76-21-19-41(20-22-76)23-42-30-77(31-42)56-27-55(88-75-56)57(38(2)3)65(85)80-36-51(83)26-54(80)64(84)72-39(4)45-13-15-46(16-14-45)62-40(5)71-37-89-62/h10-16,24-25,27-28,37-39,41-43,48-49,51,54,57,82-83H,9,17-23,26,29-36H2,1-8H3,(H,72,84)/t39-,48?,49?,51+,54-,57+/m0/s1. The minimum Gasteiger partial charge on any atom is -0.508 e. The number of aromatic nitrogens is 5. The lowest BCUT2D eigenvalue weighted by molar-refractivity contribution is -0.141. The molecule has 7 aromatic rings. The minimum atomic E-state index is -0.819. The fraction of sp³-hybridized carbons (Fsp3) is 0.529. The number of nitrogens with zero attached hydrogens (tertiary/aromatic N) is 11. The molecule has 3 aromatic carbocycles. The highest BCUT2D eigenvalue weighted by atomic mass is 32.1. The number of fused-ring (bicyclic) bond motifs is 4. The van der Waals surface area contributed by atoms with E-state index in [0.717, 1.165) is 128 Å². The fourth-order valence-electron chi connectivity index (χ4n) is 14.9. The molecule has 0 saturated carbocycles. The van der Waals surface area contributed by atoms with Crippen molar-refractivity contribution in [3.05, 3.63) is 101 Å². The smallest absolute Gasteiger partial charge is 0.410 e. The summed E-state index contributed by atoms with van der Waals surface area (Å²) in [6.45, 7) is 23.0. The molecule has 3 amide bonds. The Kier molecular flexibility index (Phi) is 16.5. The van der Waals surface area contributed by atoms with Crippen molar-refractivity contribution in [3.8, 4) is 27.4 Å². The zero-order valence-corrected chi connectivity index (χ0v) is 53.2. The number of anilines is 3. The number of hydrogen-bond acceptors (Lipinski definition) is 17. The van der Waals surface area contributed by atoms with Crippen LogP contribution in [0.5, 0.6) is 5.75 Å². The van der Waals surface area contributed by atoms with Crippen LogP contribution in [0.4, 0.5) is 26.8 Å². The van der Waals surface area contributed by atoms with E-state index >= 15 is 4.39 Å². The van der Waals surface area contributed by atoms with Crippen LogP contribution in [0.25, 0.3) is 43.4 Å². The number of rotatable bonds is 16. The summed E-state index contributed by atoms with van der Waals surface area (Å²) in [5.74, 6) is 1.93. The Balaban J connectivity index is 0.617. The molecular formula is C68H83FN12O7S. The zero-order valence-electron chi connectivity index (χ0n) is 52.4. The number of pyridine rings is 1. The number of thiazole rings is 1. The summed E-state index contributed by atoms with van der Waals surface area (Å²) in [5.41, 5.74) is 6.07. The van der Waals surface area contributed by atoms with Crippen molar-refractivity contribution < 1.29 is 38.2 Å². The van der Waals surface area contributed by atoms with E-state index < -0.39 is 29.5 Å². The molecule has 2 unspecified atom stereocenters. The summed E-state index contributed by atoms with van der Waals surface area (Å²) in [5, 5.41) is 31.5. The van der Waals surface area contributed by atoms with Gasteiger partial charge in [0.15, 0.2) is 17.4 Å². The van der Waals surface area contributed by atoms with E-state index in [-0.39, 0.29) is 71.9 Å². The molecule has 6 aliphatic rings. The Morgan fingerprint density at radius 1 is 0.865 bits per heavy atom. The monoisotopic (exact) mass is 1230 g/mol. The van der Waals surface area contributed by atoms with Crippen LogP contribution in [0.2, 0.25) is 0 Å². The number of nitrogens with one attached hydrogen (secondary N) is 1. The Hall–Kier alpha value is -7.49. The maximum absolute atomic E-state index is 17.5. The van der Waals surface area contributed by atoms with Gasteiger partial charge in [-0.15, -0.1) is 11.3 Å². The maximum Gasteiger partial charge on any atom is 0.410 e. The number of aromatic hydroxyl groups is 1. The number of ether oxygens (including phenoxy) is 1. The normalized spacial score (nSPS) is 21.9. The highest BCUT2D eigenvalue weighted by Gasteiger charge is 2.47. The van der Waals surface area contributed by atoms with Crippen molar-refractivity contribution >= 4 is 68.5 Å². The first kappa shape index (κ1) is 60.4. The van der Waals surface area contributed by atoms with Crippen LogP contribution in [0.1, 0.15) is 122 Å². The van der Waals surface area contributed by atoms with Crippen LogP contribution >= 0.6 is 11.3 Å². The lowest BCUT2D eigenvalue weighted by Crippen LogP contribution is -2.57. The number of phenolic OH excluding ortho intramolecular Hbond substituents is 1. The third-order valence-electron chi connectivity index (χ3n) is 19.5. The summed E-state index contributed by atoms with van der Waals surface area (Å²) < 4.78 is 29.4. The number of benzene rings is 3. The largest absolute Gasteiger partial charge is 0.508 e. The highest BCUT2D eigenvalue weighted by Crippen LogP contribution is 2.43. The van der Waals surface area contributed by atoms with E-state index in [4.69, 9.17) is 24.2 Å². The second-order valence-electron chi connectivity index (χ2n) is 27.4. The molecule has 0 radical (unpaired) electrons. The third-order valence-corrected chi connectivity index (χ3v) is 20.5. The van der Waals surface area contributed by atoms with Crippen molar-refractivity contribution in [2.75, 3.05) is 80.1 Å². The number of carbonyl (C=O) groups is 3. The van der Waals surface area contributed by atoms with Gasteiger partial charge in [0.1, 0.15) is 40.3 Å². The molecule has 0 aliphatic carbocycles. The number of carbonyl (C=O) groups excluding carboxylic acids is 3. The van der Waals surface area contributed by atoms with Gasteiger partial charge in [0.25, 0.3) is 0 Å². The molecule has 4 aromatic heterocycles. The maximum atomic E-state index is 17.5. The summed E-state index contributed by atoms with van der Waals surface area (Å²) in [6.07, 6.45) is 6.52. The van der Waals surface area contributed by atoms with E-state index in [9.17, 15) is 24.6 Å². The fourth-order valence-corrected chi connectivity index (χ4v) is 15.8. The number of aryl methyl sites for hydroxylation is 2. The van der Waals surface area contributed by atoms with Gasteiger partial charge < -0.3 is 49.3 Å². The Labute approximate surface area is 523 Å². The number of aliphatic hydroxyl groups is 1. The highest BCUT2D eigenvalue weighted by molar-refractivity contribution is 7.13. The SMILES string of the molecule is CCc1cccc2cc(O)cc(-c3ncc4c(N5CC6CCC(C5)N6C(=O)OC(C)(C)C)nc(N5CC(CN6CCC(CC7CN(c8cc([C@H](C(=O)N9C[C@H](O)C[C@H]9C(=O)N[C@@H](C)c9ccc(-c%10scnc%10C)cc9)C(C)C)on8)C7)CC6)C5)nc4c3F)c12. The van der Waals surface area contributed by atoms with E-state index in [1.165, 1.54) is 4.90 Å². The first-order chi connectivity index (χ1) is 42.7. The number of hydrogen-bond donors (Lipinski definition) is 3. The molecule has 13 rings (SSSR count). The number of amides is 3. The molecule has 6 atom stereocenters. The number of piperidine rings is 1. The lowest BCUT2D eigenvalue weighted by atomic mass is 9.83. The molecule has 19 nitrogen and oxygen atoms in total. The van der Waals surface area contributed by atoms with Gasteiger partial charge in [0, 0.05) is 82.5 Å². The summed E-state index contributed by atoms with van der Waals surface area (Å²) in [7, 11) is 0. The number of likely N-dealkylation sites (tertiary alicyclic amines) is 2. The van der Waals surface area contributed by atoms with Crippen molar-refractivity contribution in [1.29, 1.82) is 0 Å². The summed E-state index contributed by atoms with van der Waals surface area (Å²) in [6, 6.07) is 17.9. The molecule has 0 spiro atoms. The van der Waals surface area contributed by atoms with Crippen molar-refractivity contribution in [2.45, 2.75) is 142 Å². The first-order valence-electron chi connectivity index (χ1n) is 32.1. The molecule has 89 heavy (non-hydrogen) atoms. The molecule has 2 bridgehead atoms. The number of piperazine rings is 1. The minimum absolute atomic E-state index is 0.0332. The van der Waals surface area contributed by atoms with Crippen LogP contribution in [0.15, 0.2) is 76.9 Å².